The Labute approximate surface area is 155 Å². The number of carbonyl (C=O) groups excluding carboxylic acids is 2. The van der Waals surface area contributed by atoms with Crippen LogP contribution in [0.25, 0.3) is 0 Å². The van der Waals surface area contributed by atoms with Gasteiger partial charge in [-0.25, -0.2) is 4.79 Å². The van der Waals surface area contributed by atoms with Crippen molar-refractivity contribution in [3.8, 4) is 0 Å². The number of amides is 2. The van der Waals surface area contributed by atoms with Gasteiger partial charge >= 0.3 is 6.09 Å². The van der Waals surface area contributed by atoms with Crippen LogP contribution in [0.2, 0.25) is 0 Å². The number of methoxy groups -OCH3 is 1. The third-order valence-corrected chi connectivity index (χ3v) is 3.39. The molecule has 0 heterocycles. The number of rotatable bonds is 9. The van der Waals surface area contributed by atoms with Crippen molar-refractivity contribution in [2.45, 2.75) is 52.0 Å². The summed E-state index contributed by atoms with van der Waals surface area (Å²) >= 11 is 0. The SMILES string of the molecule is COCCNC(=O)C(NC(=O)OC(C)(C)C)C(C)OCc1ccccc1. The summed E-state index contributed by atoms with van der Waals surface area (Å²) < 4.78 is 16.0. The molecule has 2 amide bonds. The van der Waals surface area contributed by atoms with Gasteiger partial charge in [0.1, 0.15) is 11.6 Å². The molecule has 0 aliphatic heterocycles. The van der Waals surface area contributed by atoms with E-state index in [1.165, 1.54) is 0 Å². The fraction of sp³-hybridized carbons (Fsp3) is 0.579. The Kier molecular flexibility index (Phi) is 9.09. The molecule has 0 spiro atoms. The van der Waals surface area contributed by atoms with Gasteiger partial charge in [0.25, 0.3) is 0 Å². The van der Waals surface area contributed by atoms with Crippen molar-refractivity contribution < 1.29 is 23.8 Å². The summed E-state index contributed by atoms with van der Waals surface area (Å²) in [5.74, 6) is -0.353. The zero-order valence-electron chi connectivity index (χ0n) is 16.2. The quantitative estimate of drug-likeness (QED) is 0.655. The second-order valence-electron chi connectivity index (χ2n) is 6.91. The van der Waals surface area contributed by atoms with Crippen LogP contribution in [0, 0.1) is 0 Å². The van der Waals surface area contributed by atoms with Gasteiger partial charge in [0.15, 0.2) is 0 Å². The smallest absolute Gasteiger partial charge is 0.408 e. The third kappa shape index (κ3) is 8.82. The highest BCUT2D eigenvalue weighted by Gasteiger charge is 2.29. The molecule has 2 unspecified atom stereocenters. The molecule has 7 nitrogen and oxygen atoms in total. The van der Waals surface area contributed by atoms with Gasteiger partial charge in [-0.15, -0.1) is 0 Å². The molecule has 0 saturated heterocycles. The molecule has 1 rings (SSSR count). The van der Waals surface area contributed by atoms with Crippen molar-refractivity contribution >= 4 is 12.0 Å². The standard InChI is InChI=1S/C19H30N2O5/c1-14(25-13-15-9-7-6-8-10-15)16(17(22)20-11-12-24-5)21-18(23)26-19(2,3)4/h6-10,14,16H,11-13H2,1-5H3,(H,20,22)(H,21,23). The number of benzene rings is 1. The Morgan fingerprint density at radius 2 is 1.81 bits per heavy atom. The van der Waals surface area contributed by atoms with E-state index in [-0.39, 0.29) is 5.91 Å². The molecule has 0 aliphatic carbocycles. The third-order valence-electron chi connectivity index (χ3n) is 3.39. The molecule has 0 radical (unpaired) electrons. The maximum atomic E-state index is 12.5. The molecule has 146 valence electrons. The van der Waals surface area contributed by atoms with Gasteiger partial charge in [0.05, 0.1) is 19.3 Å². The molecule has 1 aromatic carbocycles. The molecule has 0 aromatic heterocycles. The lowest BCUT2D eigenvalue weighted by Gasteiger charge is -2.27. The van der Waals surface area contributed by atoms with E-state index in [0.29, 0.717) is 19.8 Å². The van der Waals surface area contributed by atoms with Gasteiger partial charge in [-0.1, -0.05) is 30.3 Å². The molecule has 0 aliphatic rings. The van der Waals surface area contributed by atoms with E-state index in [9.17, 15) is 9.59 Å². The van der Waals surface area contributed by atoms with Crippen LogP contribution in [-0.4, -0.2) is 50.0 Å². The topological polar surface area (TPSA) is 85.9 Å². The Morgan fingerprint density at radius 3 is 2.38 bits per heavy atom. The summed E-state index contributed by atoms with van der Waals surface area (Å²) in [5.41, 5.74) is 0.324. The summed E-state index contributed by atoms with van der Waals surface area (Å²) in [6, 6.07) is 8.73. The first-order valence-corrected chi connectivity index (χ1v) is 8.64. The molecule has 2 N–H and O–H groups in total. The highest BCUT2D eigenvalue weighted by atomic mass is 16.6. The van der Waals surface area contributed by atoms with Gasteiger partial charge in [-0.3, -0.25) is 4.79 Å². The summed E-state index contributed by atoms with van der Waals surface area (Å²) in [7, 11) is 1.55. The summed E-state index contributed by atoms with van der Waals surface area (Å²) in [4.78, 5) is 24.5. The summed E-state index contributed by atoms with van der Waals surface area (Å²) in [6.07, 6.45) is -1.22. The van der Waals surface area contributed by atoms with Gasteiger partial charge < -0.3 is 24.8 Å². The van der Waals surface area contributed by atoms with Crippen LogP contribution in [0.4, 0.5) is 4.79 Å². The molecule has 0 bridgehead atoms. The van der Waals surface area contributed by atoms with E-state index in [2.05, 4.69) is 10.6 Å². The maximum absolute atomic E-state index is 12.5. The second-order valence-corrected chi connectivity index (χ2v) is 6.91. The van der Waals surface area contributed by atoms with E-state index in [1.807, 2.05) is 30.3 Å². The number of nitrogens with one attached hydrogen (secondary N) is 2. The molecule has 2 atom stereocenters. The highest BCUT2D eigenvalue weighted by molar-refractivity contribution is 5.86. The van der Waals surface area contributed by atoms with Gasteiger partial charge in [0, 0.05) is 13.7 Å². The van der Waals surface area contributed by atoms with Gasteiger partial charge in [-0.05, 0) is 33.3 Å². The van der Waals surface area contributed by atoms with Crippen LogP contribution in [0.5, 0.6) is 0 Å². The van der Waals surface area contributed by atoms with Gasteiger partial charge in [0.2, 0.25) is 5.91 Å². The van der Waals surface area contributed by atoms with Crippen molar-refractivity contribution in [2.75, 3.05) is 20.3 Å². The average Bonchev–Trinajstić information content (AvgIpc) is 2.57. The number of hydrogen-bond donors (Lipinski definition) is 2. The average molecular weight is 366 g/mol. The van der Waals surface area contributed by atoms with Crippen molar-refractivity contribution in [3.05, 3.63) is 35.9 Å². The first kappa shape index (κ1) is 21.9. The Hall–Kier alpha value is -2.12. The zero-order chi connectivity index (χ0) is 19.6. The number of alkyl carbamates (subject to hydrolysis) is 1. The van der Waals surface area contributed by atoms with Crippen molar-refractivity contribution in [2.24, 2.45) is 0 Å². The van der Waals surface area contributed by atoms with Crippen LogP contribution in [-0.2, 0) is 25.6 Å². The van der Waals surface area contributed by atoms with Crippen molar-refractivity contribution in [1.29, 1.82) is 0 Å². The monoisotopic (exact) mass is 366 g/mol. The van der Waals surface area contributed by atoms with Crippen LogP contribution < -0.4 is 10.6 Å². The lowest BCUT2D eigenvalue weighted by molar-refractivity contribution is -0.127. The van der Waals surface area contributed by atoms with E-state index in [1.54, 1.807) is 34.8 Å². The minimum atomic E-state index is -0.884. The molecular formula is C19H30N2O5. The van der Waals surface area contributed by atoms with Gasteiger partial charge in [-0.2, -0.15) is 0 Å². The molecule has 1 aromatic rings. The Morgan fingerprint density at radius 1 is 1.15 bits per heavy atom. The zero-order valence-corrected chi connectivity index (χ0v) is 16.2. The molecular weight excluding hydrogens is 336 g/mol. The molecule has 7 heteroatoms. The molecule has 0 saturated carbocycles. The largest absolute Gasteiger partial charge is 0.444 e. The van der Waals surface area contributed by atoms with Crippen LogP contribution in [0.1, 0.15) is 33.3 Å². The Bertz CT molecular complexity index is 557. The van der Waals surface area contributed by atoms with Crippen molar-refractivity contribution in [3.63, 3.8) is 0 Å². The predicted octanol–water partition coefficient (Wildman–Crippen LogP) is 2.25. The van der Waals surface area contributed by atoms with Crippen LogP contribution in [0.3, 0.4) is 0 Å². The predicted molar refractivity (Wildman–Crippen MR) is 98.7 cm³/mol. The van der Waals surface area contributed by atoms with Crippen LogP contribution >= 0.6 is 0 Å². The van der Waals surface area contributed by atoms with E-state index >= 15 is 0 Å². The lowest BCUT2D eigenvalue weighted by atomic mass is 10.1. The van der Waals surface area contributed by atoms with E-state index in [4.69, 9.17) is 14.2 Å². The Balaban J connectivity index is 2.71. The molecule has 26 heavy (non-hydrogen) atoms. The fourth-order valence-electron chi connectivity index (χ4n) is 2.11. The first-order valence-electron chi connectivity index (χ1n) is 8.64. The summed E-state index contributed by atoms with van der Waals surface area (Å²) in [6.45, 7) is 8.07. The first-order chi connectivity index (χ1) is 12.2. The summed E-state index contributed by atoms with van der Waals surface area (Å²) in [5, 5.41) is 5.31. The number of ether oxygens (including phenoxy) is 3. The normalized spacial score (nSPS) is 13.6. The highest BCUT2D eigenvalue weighted by Crippen LogP contribution is 2.10. The molecule has 0 fully saturated rings. The fourth-order valence-corrected chi connectivity index (χ4v) is 2.11. The second kappa shape index (κ2) is 10.8. The van der Waals surface area contributed by atoms with E-state index in [0.717, 1.165) is 5.56 Å². The number of carbonyl (C=O) groups is 2. The number of hydrogen-bond acceptors (Lipinski definition) is 5. The van der Waals surface area contributed by atoms with E-state index < -0.39 is 23.8 Å². The minimum Gasteiger partial charge on any atom is -0.444 e. The van der Waals surface area contributed by atoms with Crippen molar-refractivity contribution in [1.82, 2.24) is 10.6 Å². The van der Waals surface area contributed by atoms with Crippen LogP contribution in [0.15, 0.2) is 30.3 Å². The maximum Gasteiger partial charge on any atom is 0.408 e. The minimum absolute atomic E-state index is 0.333. The lowest BCUT2D eigenvalue weighted by Crippen LogP contribution is -2.54.